The molecule has 1 aromatic heterocycles. The Balaban J connectivity index is 1.51. The first-order valence-corrected chi connectivity index (χ1v) is 8.33. The smallest absolute Gasteiger partial charge is 0.259 e. The Bertz CT molecular complexity index is 886. The monoisotopic (exact) mass is 364 g/mol. The van der Waals surface area contributed by atoms with Crippen LogP contribution in [0, 0.1) is 0 Å². The van der Waals surface area contributed by atoms with Gasteiger partial charge in [-0.25, -0.2) is 4.98 Å². The van der Waals surface area contributed by atoms with E-state index in [0.29, 0.717) is 5.75 Å². The van der Waals surface area contributed by atoms with Crippen LogP contribution in [0.2, 0.25) is 0 Å². The van der Waals surface area contributed by atoms with Gasteiger partial charge >= 0.3 is 0 Å². The number of likely N-dealkylation sites (N-methyl/N-ethyl adjacent to an activating group) is 1. The molecule has 7 heteroatoms. The average Bonchev–Trinajstić information content (AvgIpc) is 3.22. The van der Waals surface area contributed by atoms with E-state index in [0.717, 1.165) is 22.6 Å². The summed E-state index contributed by atoms with van der Waals surface area (Å²) >= 11 is 0. The lowest BCUT2D eigenvalue weighted by molar-refractivity contribution is -0.130. The second-order valence-electron chi connectivity index (χ2n) is 5.96. The molecule has 0 radical (unpaired) electrons. The highest BCUT2D eigenvalue weighted by atomic mass is 16.5. The number of nitrogens with zero attached hydrogens (tertiary/aromatic N) is 3. The molecule has 7 nitrogen and oxygen atoms in total. The van der Waals surface area contributed by atoms with Gasteiger partial charge < -0.3 is 14.1 Å². The average molecular weight is 364 g/mol. The Labute approximate surface area is 157 Å². The highest BCUT2D eigenvalue weighted by Crippen LogP contribution is 2.20. The summed E-state index contributed by atoms with van der Waals surface area (Å²) in [6.45, 7) is 0.0199. The molecule has 1 heterocycles. The molecule has 1 amide bonds. The highest BCUT2D eigenvalue weighted by Gasteiger charge is 2.04. The van der Waals surface area contributed by atoms with Crippen LogP contribution in [0.4, 0.5) is 5.69 Å². The molecule has 0 fully saturated rings. The molecule has 27 heavy (non-hydrogen) atoms. The fourth-order valence-electron chi connectivity index (χ4n) is 2.17. The Morgan fingerprint density at radius 1 is 1.19 bits per heavy atom. The third kappa shape index (κ3) is 5.18. The molecule has 0 saturated heterocycles. The number of hydrogen-bond acceptors (Lipinski definition) is 6. The molecule has 3 aromatic rings. The van der Waals surface area contributed by atoms with Crippen molar-refractivity contribution in [3.63, 3.8) is 0 Å². The molecule has 0 saturated carbocycles. The lowest BCUT2D eigenvalue weighted by Crippen LogP contribution is -2.27. The SMILES string of the molecule is CN(C)C(=O)COc1ccc(/C=N/Nc2ccc(-c3cnco3)cc2)cc1. The van der Waals surface area contributed by atoms with Gasteiger partial charge in [0.2, 0.25) is 0 Å². The van der Waals surface area contributed by atoms with E-state index < -0.39 is 0 Å². The minimum Gasteiger partial charge on any atom is -0.484 e. The summed E-state index contributed by atoms with van der Waals surface area (Å²) in [5, 5.41) is 4.22. The number of amides is 1. The van der Waals surface area contributed by atoms with E-state index in [1.165, 1.54) is 11.3 Å². The van der Waals surface area contributed by atoms with Crippen molar-refractivity contribution in [3.05, 3.63) is 66.7 Å². The van der Waals surface area contributed by atoms with Gasteiger partial charge in [0.05, 0.1) is 18.1 Å². The predicted octanol–water partition coefficient (Wildman–Crippen LogP) is 3.25. The van der Waals surface area contributed by atoms with Crippen molar-refractivity contribution in [2.24, 2.45) is 5.10 Å². The number of aromatic nitrogens is 1. The number of rotatable bonds is 7. The Kier molecular flexibility index (Phi) is 5.84. The molecule has 2 aromatic carbocycles. The van der Waals surface area contributed by atoms with Crippen molar-refractivity contribution in [1.82, 2.24) is 9.88 Å². The highest BCUT2D eigenvalue weighted by molar-refractivity contribution is 5.80. The molecule has 0 atom stereocenters. The zero-order valence-electron chi connectivity index (χ0n) is 15.1. The van der Waals surface area contributed by atoms with Crippen LogP contribution in [0.5, 0.6) is 5.75 Å². The van der Waals surface area contributed by atoms with E-state index in [2.05, 4.69) is 15.5 Å². The van der Waals surface area contributed by atoms with Gasteiger partial charge in [-0.1, -0.05) is 0 Å². The summed E-state index contributed by atoms with van der Waals surface area (Å²) in [5.41, 5.74) is 5.69. The second kappa shape index (κ2) is 8.66. The van der Waals surface area contributed by atoms with Crippen LogP contribution in [-0.2, 0) is 4.79 Å². The number of oxazole rings is 1. The van der Waals surface area contributed by atoms with Crippen molar-refractivity contribution >= 4 is 17.8 Å². The van der Waals surface area contributed by atoms with E-state index in [9.17, 15) is 4.79 Å². The summed E-state index contributed by atoms with van der Waals surface area (Å²) in [7, 11) is 3.39. The van der Waals surface area contributed by atoms with Gasteiger partial charge in [-0.3, -0.25) is 10.2 Å². The topological polar surface area (TPSA) is 80.0 Å². The first kappa shape index (κ1) is 18.2. The standard InChI is InChI=1S/C20H20N4O3/c1-24(2)20(25)13-26-18-9-3-15(4-10-18)11-22-23-17-7-5-16(6-8-17)19-12-21-14-27-19/h3-12,14,23H,13H2,1-2H3/b22-11+. The number of carbonyl (C=O) groups excluding carboxylic acids is 1. The zero-order chi connectivity index (χ0) is 19.1. The summed E-state index contributed by atoms with van der Waals surface area (Å²) in [5.74, 6) is 1.28. The largest absolute Gasteiger partial charge is 0.484 e. The maximum absolute atomic E-state index is 11.5. The van der Waals surface area contributed by atoms with Crippen LogP contribution in [0.15, 0.2) is 70.6 Å². The van der Waals surface area contributed by atoms with E-state index >= 15 is 0 Å². The molecule has 0 aliphatic carbocycles. The number of hydrogen-bond donors (Lipinski definition) is 1. The number of hydrazone groups is 1. The first-order chi connectivity index (χ1) is 13.1. The number of ether oxygens (including phenoxy) is 1. The van der Waals surface area contributed by atoms with Crippen molar-refractivity contribution in [2.75, 3.05) is 26.1 Å². The molecular weight excluding hydrogens is 344 g/mol. The van der Waals surface area contributed by atoms with Crippen molar-refractivity contribution in [2.45, 2.75) is 0 Å². The Morgan fingerprint density at radius 3 is 2.56 bits per heavy atom. The Hall–Kier alpha value is -3.61. The molecule has 0 spiro atoms. The fourth-order valence-corrected chi connectivity index (χ4v) is 2.17. The maximum Gasteiger partial charge on any atom is 0.259 e. The van der Waals surface area contributed by atoms with Crippen LogP contribution in [-0.4, -0.2) is 42.7 Å². The van der Waals surface area contributed by atoms with Gasteiger partial charge in [0, 0.05) is 19.7 Å². The third-order valence-electron chi connectivity index (χ3n) is 3.75. The van der Waals surface area contributed by atoms with Crippen LogP contribution in [0.25, 0.3) is 11.3 Å². The minimum atomic E-state index is -0.0841. The molecule has 0 aliphatic heterocycles. The second-order valence-corrected chi connectivity index (χ2v) is 5.96. The van der Waals surface area contributed by atoms with Gasteiger partial charge in [-0.2, -0.15) is 5.10 Å². The van der Waals surface area contributed by atoms with Crippen LogP contribution in [0.1, 0.15) is 5.56 Å². The summed E-state index contributed by atoms with van der Waals surface area (Å²) in [4.78, 5) is 16.9. The summed E-state index contributed by atoms with van der Waals surface area (Å²) < 4.78 is 10.7. The van der Waals surface area contributed by atoms with Crippen molar-refractivity contribution in [3.8, 4) is 17.1 Å². The van der Waals surface area contributed by atoms with E-state index in [1.54, 1.807) is 38.6 Å². The molecule has 0 aliphatic rings. The lowest BCUT2D eigenvalue weighted by atomic mass is 10.2. The normalized spacial score (nSPS) is 10.7. The molecule has 3 rings (SSSR count). The van der Waals surface area contributed by atoms with Crippen molar-refractivity contribution < 1.29 is 13.9 Å². The zero-order valence-corrected chi connectivity index (χ0v) is 15.1. The van der Waals surface area contributed by atoms with E-state index in [-0.39, 0.29) is 12.5 Å². The molecule has 1 N–H and O–H groups in total. The third-order valence-corrected chi connectivity index (χ3v) is 3.75. The number of carbonyl (C=O) groups is 1. The van der Waals surface area contributed by atoms with Gasteiger partial charge in [0.25, 0.3) is 5.91 Å². The van der Waals surface area contributed by atoms with E-state index in [4.69, 9.17) is 9.15 Å². The van der Waals surface area contributed by atoms with Gasteiger partial charge in [0.15, 0.2) is 18.8 Å². The number of benzene rings is 2. The van der Waals surface area contributed by atoms with Crippen LogP contribution < -0.4 is 10.2 Å². The maximum atomic E-state index is 11.5. The molecular formula is C20H20N4O3. The number of nitrogens with one attached hydrogen (secondary N) is 1. The Morgan fingerprint density at radius 2 is 1.93 bits per heavy atom. The summed E-state index contributed by atoms with van der Waals surface area (Å²) in [6, 6.07) is 15.0. The molecule has 0 unspecified atom stereocenters. The van der Waals surface area contributed by atoms with E-state index in [1.807, 2.05) is 36.4 Å². The van der Waals surface area contributed by atoms with Crippen molar-refractivity contribution in [1.29, 1.82) is 0 Å². The fraction of sp³-hybridized carbons (Fsp3) is 0.150. The van der Waals surface area contributed by atoms with Crippen LogP contribution >= 0.6 is 0 Å². The van der Waals surface area contributed by atoms with Gasteiger partial charge in [-0.15, -0.1) is 0 Å². The van der Waals surface area contributed by atoms with Gasteiger partial charge in [0.1, 0.15) is 5.75 Å². The lowest BCUT2D eigenvalue weighted by Gasteiger charge is -2.11. The first-order valence-electron chi connectivity index (χ1n) is 8.33. The quantitative estimate of drug-likeness (QED) is 0.514. The predicted molar refractivity (Wildman–Crippen MR) is 104 cm³/mol. The number of anilines is 1. The summed E-state index contributed by atoms with van der Waals surface area (Å²) in [6.07, 6.45) is 4.78. The van der Waals surface area contributed by atoms with Crippen LogP contribution in [0.3, 0.4) is 0 Å². The van der Waals surface area contributed by atoms with Gasteiger partial charge in [-0.05, 0) is 54.1 Å². The molecule has 0 bridgehead atoms. The molecule has 138 valence electrons. The minimum absolute atomic E-state index is 0.0199.